The van der Waals surface area contributed by atoms with Gasteiger partial charge in [-0.3, -0.25) is 4.79 Å². The SMILES string of the molecule is CCOC(=O)C1=C(C)NC2=C(C(=O)CC(C)(C)C2)[C@@H]1c1ccc(Cl)c(Cl)c1. The predicted octanol–water partition coefficient (Wildman–Crippen LogP) is 5.16. The zero-order chi connectivity index (χ0) is 19.9. The lowest BCUT2D eigenvalue weighted by molar-refractivity contribution is -0.138. The fourth-order valence-electron chi connectivity index (χ4n) is 3.94. The maximum atomic E-state index is 13.1. The van der Waals surface area contributed by atoms with E-state index in [9.17, 15) is 9.59 Å². The summed E-state index contributed by atoms with van der Waals surface area (Å²) in [7, 11) is 0. The number of dihydropyridines is 1. The Kier molecular flexibility index (Phi) is 5.42. The fraction of sp³-hybridized carbons (Fsp3) is 0.429. The molecule has 144 valence electrons. The molecular weight excluding hydrogens is 385 g/mol. The van der Waals surface area contributed by atoms with Gasteiger partial charge >= 0.3 is 5.97 Å². The van der Waals surface area contributed by atoms with Gasteiger partial charge in [-0.1, -0.05) is 43.1 Å². The van der Waals surface area contributed by atoms with Gasteiger partial charge in [0.25, 0.3) is 0 Å². The van der Waals surface area contributed by atoms with Crippen molar-refractivity contribution < 1.29 is 14.3 Å². The van der Waals surface area contributed by atoms with Crippen LogP contribution in [0, 0.1) is 5.41 Å². The summed E-state index contributed by atoms with van der Waals surface area (Å²) in [5, 5.41) is 4.11. The molecule has 0 spiro atoms. The number of hydrogen-bond donors (Lipinski definition) is 1. The van der Waals surface area contributed by atoms with Crippen LogP contribution in [-0.2, 0) is 14.3 Å². The number of carbonyl (C=O) groups excluding carboxylic acids is 2. The van der Waals surface area contributed by atoms with Crippen molar-refractivity contribution in [2.24, 2.45) is 5.41 Å². The van der Waals surface area contributed by atoms with Gasteiger partial charge in [0.2, 0.25) is 0 Å². The van der Waals surface area contributed by atoms with Crippen LogP contribution in [0.4, 0.5) is 0 Å². The minimum absolute atomic E-state index is 0.0409. The predicted molar refractivity (Wildman–Crippen MR) is 107 cm³/mol. The van der Waals surface area contributed by atoms with Gasteiger partial charge in [-0.05, 0) is 43.4 Å². The summed E-state index contributed by atoms with van der Waals surface area (Å²) in [6, 6.07) is 5.23. The maximum Gasteiger partial charge on any atom is 0.336 e. The quantitative estimate of drug-likeness (QED) is 0.702. The third kappa shape index (κ3) is 3.78. The second kappa shape index (κ2) is 7.33. The van der Waals surface area contributed by atoms with Gasteiger partial charge in [0.15, 0.2) is 5.78 Å². The first-order valence-corrected chi connectivity index (χ1v) is 9.76. The average molecular weight is 408 g/mol. The number of rotatable bonds is 3. The van der Waals surface area contributed by atoms with Crippen molar-refractivity contribution in [3.8, 4) is 0 Å². The van der Waals surface area contributed by atoms with E-state index in [0.717, 1.165) is 17.7 Å². The van der Waals surface area contributed by atoms with E-state index in [0.29, 0.717) is 33.3 Å². The van der Waals surface area contributed by atoms with Crippen molar-refractivity contribution in [3.05, 3.63) is 56.3 Å². The normalized spacial score (nSPS) is 21.7. The molecule has 4 nitrogen and oxygen atoms in total. The number of benzene rings is 1. The van der Waals surface area contributed by atoms with E-state index >= 15 is 0 Å². The molecule has 6 heteroatoms. The number of hydrogen-bond acceptors (Lipinski definition) is 4. The first kappa shape index (κ1) is 20.0. The van der Waals surface area contributed by atoms with Gasteiger partial charge in [0, 0.05) is 29.3 Å². The van der Waals surface area contributed by atoms with Crippen LogP contribution in [0.3, 0.4) is 0 Å². The fourth-order valence-corrected chi connectivity index (χ4v) is 4.25. The highest BCUT2D eigenvalue weighted by Crippen LogP contribution is 2.47. The Morgan fingerprint density at radius 3 is 2.59 bits per heavy atom. The van der Waals surface area contributed by atoms with Crippen molar-refractivity contribution >= 4 is 35.0 Å². The lowest BCUT2D eigenvalue weighted by atomic mass is 9.68. The van der Waals surface area contributed by atoms with E-state index in [1.165, 1.54) is 0 Å². The van der Waals surface area contributed by atoms with Crippen molar-refractivity contribution in [1.82, 2.24) is 5.32 Å². The van der Waals surface area contributed by atoms with E-state index in [1.807, 2.05) is 13.0 Å². The van der Waals surface area contributed by atoms with Crippen LogP contribution in [0.5, 0.6) is 0 Å². The number of halogens is 2. The Morgan fingerprint density at radius 2 is 1.96 bits per heavy atom. The van der Waals surface area contributed by atoms with Crippen molar-refractivity contribution in [1.29, 1.82) is 0 Å². The minimum Gasteiger partial charge on any atom is -0.463 e. The van der Waals surface area contributed by atoms with E-state index < -0.39 is 11.9 Å². The molecule has 1 atom stereocenters. The van der Waals surface area contributed by atoms with Crippen LogP contribution in [0.25, 0.3) is 0 Å². The summed E-state index contributed by atoms with van der Waals surface area (Å²) in [4.78, 5) is 25.8. The zero-order valence-electron chi connectivity index (χ0n) is 15.9. The third-order valence-electron chi connectivity index (χ3n) is 5.01. The van der Waals surface area contributed by atoms with Gasteiger partial charge in [0.05, 0.1) is 22.2 Å². The highest BCUT2D eigenvalue weighted by atomic mass is 35.5. The molecule has 1 aliphatic heterocycles. The van der Waals surface area contributed by atoms with Crippen LogP contribution in [0.15, 0.2) is 40.7 Å². The maximum absolute atomic E-state index is 13.1. The van der Waals surface area contributed by atoms with Crippen molar-refractivity contribution in [3.63, 3.8) is 0 Å². The van der Waals surface area contributed by atoms with Crippen LogP contribution >= 0.6 is 23.2 Å². The Hall–Kier alpha value is -1.78. The number of nitrogens with one attached hydrogen (secondary N) is 1. The summed E-state index contributed by atoms with van der Waals surface area (Å²) in [6.45, 7) is 8.01. The number of allylic oxidation sites excluding steroid dienone is 3. The lowest BCUT2D eigenvalue weighted by Gasteiger charge is -2.39. The smallest absolute Gasteiger partial charge is 0.336 e. The second-order valence-corrected chi connectivity index (χ2v) is 8.64. The molecule has 0 aromatic heterocycles. The van der Waals surface area contributed by atoms with Gasteiger partial charge in [-0.25, -0.2) is 4.79 Å². The first-order chi connectivity index (χ1) is 12.6. The number of esters is 1. The number of Topliss-reactive ketones (excluding diaryl/α,β-unsaturated/α-hetero) is 1. The van der Waals surface area contributed by atoms with E-state index in [2.05, 4.69) is 19.2 Å². The first-order valence-electron chi connectivity index (χ1n) is 9.00. The molecule has 0 radical (unpaired) electrons. The topological polar surface area (TPSA) is 55.4 Å². The largest absolute Gasteiger partial charge is 0.463 e. The molecule has 1 N–H and O–H groups in total. The van der Waals surface area contributed by atoms with E-state index in [-0.39, 0.29) is 17.8 Å². The summed E-state index contributed by atoms with van der Waals surface area (Å²) in [5.41, 5.74) is 3.27. The summed E-state index contributed by atoms with van der Waals surface area (Å²) in [6.07, 6.45) is 1.17. The molecule has 0 saturated carbocycles. The monoisotopic (exact) mass is 407 g/mol. The van der Waals surface area contributed by atoms with E-state index in [4.69, 9.17) is 27.9 Å². The molecule has 0 fully saturated rings. The molecule has 0 unspecified atom stereocenters. The minimum atomic E-state index is -0.515. The third-order valence-corrected chi connectivity index (χ3v) is 5.75. The molecule has 27 heavy (non-hydrogen) atoms. The molecule has 2 aliphatic rings. The van der Waals surface area contributed by atoms with Crippen LogP contribution < -0.4 is 5.32 Å². The Morgan fingerprint density at radius 1 is 1.26 bits per heavy atom. The number of carbonyl (C=O) groups is 2. The van der Waals surface area contributed by atoms with Gasteiger partial charge in [-0.15, -0.1) is 0 Å². The van der Waals surface area contributed by atoms with Crippen LogP contribution in [-0.4, -0.2) is 18.4 Å². The number of ketones is 1. The van der Waals surface area contributed by atoms with Crippen molar-refractivity contribution in [2.75, 3.05) is 6.61 Å². The zero-order valence-corrected chi connectivity index (χ0v) is 17.4. The lowest BCUT2D eigenvalue weighted by Crippen LogP contribution is -2.38. The molecule has 1 aromatic rings. The molecule has 1 aromatic carbocycles. The van der Waals surface area contributed by atoms with Gasteiger partial charge in [-0.2, -0.15) is 0 Å². The molecule has 1 heterocycles. The molecular formula is C21H23Cl2NO3. The molecule has 0 saturated heterocycles. The van der Waals surface area contributed by atoms with Gasteiger partial charge < -0.3 is 10.1 Å². The summed E-state index contributed by atoms with van der Waals surface area (Å²) >= 11 is 12.3. The van der Waals surface area contributed by atoms with E-state index in [1.54, 1.807) is 19.1 Å². The number of ether oxygens (including phenoxy) is 1. The van der Waals surface area contributed by atoms with Crippen molar-refractivity contribution in [2.45, 2.75) is 46.5 Å². The summed E-state index contributed by atoms with van der Waals surface area (Å²) < 4.78 is 5.28. The second-order valence-electron chi connectivity index (χ2n) is 7.82. The molecule has 3 rings (SSSR count). The highest BCUT2D eigenvalue weighted by Gasteiger charge is 2.43. The van der Waals surface area contributed by atoms with Crippen LogP contribution in [0.1, 0.15) is 52.0 Å². The molecule has 1 aliphatic carbocycles. The molecule has 0 amide bonds. The Balaban J connectivity index is 2.20. The molecule has 0 bridgehead atoms. The van der Waals surface area contributed by atoms with Crippen LogP contribution in [0.2, 0.25) is 10.0 Å². The van der Waals surface area contributed by atoms with Gasteiger partial charge in [0.1, 0.15) is 0 Å². The Labute approximate surface area is 169 Å². The Bertz CT molecular complexity index is 883. The average Bonchev–Trinajstić information content (AvgIpc) is 2.55. The highest BCUT2D eigenvalue weighted by molar-refractivity contribution is 6.42. The summed E-state index contributed by atoms with van der Waals surface area (Å²) in [5.74, 6) is -0.902. The standard InChI is InChI=1S/C21H23Cl2NO3/c1-5-27-20(26)17-11(2)24-15-9-21(3,4)10-16(25)19(15)18(17)12-6-7-13(22)14(23)8-12/h6-8,18,24H,5,9-10H2,1-4H3/t18-/m1/s1.